The first-order valence-electron chi connectivity index (χ1n) is 4.45. The molecule has 0 aromatic heterocycles. The van der Waals surface area contributed by atoms with Crippen LogP contribution in [0, 0.1) is 11.8 Å². The van der Waals surface area contributed by atoms with Crippen molar-refractivity contribution in [3.8, 4) is 0 Å². The lowest BCUT2D eigenvalue weighted by Gasteiger charge is -2.13. The van der Waals surface area contributed by atoms with E-state index in [-0.39, 0.29) is 5.91 Å². The fourth-order valence-electron chi connectivity index (χ4n) is 1.72. The Balaban J connectivity index is 2.11. The van der Waals surface area contributed by atoms with E-state index in [4.69, 9.17) is 5.73 Å². The molecule has 64 valence electrons. The van der Waals surface area contributed by atoms with Gasteiger partial charge in [0.2, 0.25) is 5.91 Å². The van der Waals surface area contributed by atoms with Crippen LogP contribution in [0.1, 0.15) is 19.3 Å². The Kier molecular flexibility index (Phi) is 1.75. The third-order valence-corrected chi connectivity index (χ3v) is 2.61. The first-order valence-corrected chi connectivity index (χ1v) is 4.45. The van der Waals surface area contributed by atoms with Crippen molar-refractivity contribution >= 4 is 5.91 Å². The van der Waals surface area contributed by atoms with Gasteiger partial charge in [0.25, 0.3) is 0 Å². The average Bonchev–Trinajstić information content (AvgIpc) is 2.87. The molecule has 0 aliphatic heterocycles. The van der Waals surface area contributed by atoms with Gasteiger partial charge in [-0.25, -0.2) is 0 Å². The number of allylic oxidation sites excluding steroid dienone is 2. The van der Waals surface area contributed by atoms with Crippen LogP contribution in [0.2, 0.25) is 0 Å². The molecule has 2 aliphatic carbocycles. The second-order valence-corrected chi connectivity index (χ2v) is 3.63. The fourth-order valence-corrected chi connectivity index (χ4v) is 1.72. The van der Waals surface area contributed by atoms with Gasteiger partial charge in [-0.2, -0.15) is 0 Å². The maximum Gasteiger partial charge on any atom is 0.248 e. The number of nitrogens with two attached hydrogens (primary N) is 1. The zero-order chi connectivity index (χ0) is 8.55. The summed E-state index contributed by atoms with van der Waals surface area (Å²) in [5.74, 6) is 1.11. The van der Waals surface area contributed by atoms with E-state index in [1.54, 1.807) is 0 Å². The van der Waals surface area contributed by atoms with Gasteiger partial charge >= 0.3 is 0 Å². The highest BCUT2D eigenvalue weighted by molar-refractivity contribution is 5.95. The molecule has 0 saturated heterocycles. The van der Waals surface area contributed by atoms with Gasteiger partial charge in [0.15, 0.2) is 0 Å². The van der Waals surface area contributed by atoms with Crippen LogP contribution in [0.5, 0.6) is 0 Å². The van der Waals surface area contributed by atoms with E-state index < -0.39 is 0 Å². The summed E-state index contributed by atoms with van der Waals surface area (Å²) in [6.07, 6.45) is 9.66. The zero-order valence-electron chi connectivity index (χ0n) is 6.99. The van der Waals surface area contributed by atoms with Crippen LogP contribution in [0.15, 0.2) is 23.8 Å². The summed E-state index contributed by atoms with van der Waals surface area (Å²) in [7, 11) is 0. The molecule has 1 amide bonds. The second-order valence-electron chi connectivity index (χ2n) is 3.63. The van der Waals surface area contributed by atoms with Crippen molar-refractivity contribution in [2.24, 2.45) is 17.6 Å². The first-order chi connectivity index (χ1) is 5.77. The Morgan fingerprint density at radius 3 is 2.83 bits per heavy atom. The average molecular weight is 163 g/mol. The molecular formula is C10H13NO. The van der Waals surface area contributed by atoms with E-state index in [0.29, 0.717) is 11.5 Å². The van der Waals surface area contributed by atoms with Crippen molar-refractivity contribution in [2.45, 2.75) is 19.3 Å². The van der Waals surface area contributed by atoms with Crippen LogP contribution in [-0.4, -0.2) is 5.91 Å². The van der Waals surface area contributed by atoms with Crippen molar-refractivity contribution in [2.75, 3.05) is 0 Å². The lowest BCUT2D eigenvalue weighted by molar-refractivity contribution is -0.114. The van der Waals surface area contributed by atoms with Crippen LogP contribution in [0.3, 0.4) is 0 Å². The lowest BCUT2D eigenvalue weighted by atomic mass is 9.92. The highest BCUT2D eigenvalue weighted by Gasteiger charge is 2.30. The van der Waals surface area contributed by atoms with Crippen LogP contribution in [0.4, 0.5) is 0 Å². The number of rotatable bonds is 2. The number of hydrogen-bond acceptors (Lipinski definition) is 1. The molecule has 2 nitrogen and oxygen atoms in total. The van der Waals surface area contributed by atoms with Gasteiger partial charge in [-0.1, -0.05) is 18.2 Å². The van der Waals surface area contributed by atoms with Gasteiger partial charge in [-0.05, 0) is 31.1 Å². The molecule has 12 heavy (non-hydrogen) atoms. The molecular weight excluding hydrogens is 150 g/mol. The molecule has 1 fully saturated rings. The minimum absolute atomic E-state index is 0.295. The molecule has 2 rings (SSSR count). The van der Waals surface area contributed by atoms with Crippen molar-refractivity contribution in [3.05, 3.63) is 23.8 Å². The second kappa shape index (κ2) is 2.77. The summed E-state index contributed by atoms with van der Waals surface area (Å²) >= 11 is 0. The number of carbonyl (C=O) groups is 1. The van der Waals surface area contributed by atoms with Crippen LogP contribution in [0.25, 0.3) is 0 Å². The first kappa shape index (κ1) is 7.59. The van der Waals surface area contributed by atoms with Crippen molar-refractivity contribution in [1.29, 1.82) is 0 Å². The Hall–Kier alpha value is -1.05. The number of primary amides is 1. The molecule has 0 aromatic carbocycles. The van der Waals surface area contributed by atoms with E-state index in [2.05, 4.69) is 6.08 Å². The monoisotopic (exact) mass is 163 g/mol. The maximum absolute atomic E-state index is 10.8. The Morgan fingerprint density at radius 2 is 2.25 bits per heavy atom. The van der Waals surface area contributed by atoms with E-state index in [1.807, 2.05) is 12.2 Å². The third kappa shape index (κ3) is 1.42. The summed E-state index contributed by atoms with van der Waals surface area (Å²) in [5.41, 5.74) is 5.88. The summed E-state index contributed by atoms with van der Waals surface area (Å²) in [6.45, 7) is 0. The minimum Gasteiger partial charge on any atom is -0.366 e. The Morgan fingerprint density at radius 1 is 1.50 bits per heavy atom. The number of amides is 1. The van der Waals surface area contributed by atoms with Gasteiger partial charge in [0.05, 0.1) is 0 Å². The van der Waals surface area contributed by atoms with Crippen molar-refractivity contribution < 1.29 is 4.79 Å². The van der Waals surface area contributed by atoms with Crippen molar-refractivity contribution in [3.63, 3.8) is 0 Å². The standard InChI is InChI=1S/C10H13NO/c11-10(12)9-3-1-2-8(6-9)7-4-5-7/h1,3,6-8H,2,4-5H2,(H2,11,12). The van der Waals surface area contributed by atoms with E-state index in [1.165, 1.54) is 12.8 Å². The predicted molar refractivity (Wildman–Crippen MR) is 47.2 cm³/mol. The smallest absolute Gasteiger partial charge is 0.248 e. The molecule has 1 unspecified atom stereocenters. The normalized spacial score (nSPS) is 28.3. The molecule has 0 spiro atoms. The highest BCUT2D eigenvalue weighted by Crippen LogP contribution is 2.41. The number of hydrogen-bond donors (Lipinski definition) is 1. The summed E-state index contributed by atoms with van der Waals surface area (Å²) in [6, 6.07) is 0. The molecule has 0 bridgehead atoms. The fraction of sp³-hybridized carbons (Fsp3) is 0.500. The molecule has 1 atom stereocenters. The van der Waals surface area contributed by atoms with E-state index in [0.717, 1.165) is 12.3 Å². The topological polar surface area (TPSA) is 43.1 Å². The van der Waals surface area contributed by atoms with Gasteiger partial charge in [-0.3, -0.25) is 4.79 Å². The summed E-state index contributed by atoms with van der Waals surface area (Å²) in [5, 5.41) is 0. The lowest BCUT2D eigenvalue weighted by Crippen LogP contribution is -2.16. The van der Waals surface area contributed by atoms with Gasteiger partial charge in [-0.15, -0.1) is 0 Å². The van der Waals surface area contributed by atoms with Gasteiger partial charge in [0.1, 0.15) is 0 Å². The molecule has 1 saturated carbocycles. The molecule has 0 heterocycles. The maximum atomic E-state index is 10.8. The SMILES string of the molecule is NC(=O)C1=CC(C2CC2)CC=C1. The highest BCUT2D eigenvalue weighted by atomic mass is 16.1. The van der Waals surface area contributed by atoms with Crippen LogP contribution < -0.4 is 5.73 Å². The predicted octanol–water partition coefficient (Wildman–Crippen LogP) is 1.38. The number of carbonyl (C=O) groups excluding carboxylic acids is 1. The third-order valence-electron chi connectivity index (χ3n) is 2.61. The Labute approximate surface area is 72.1 Å². The molecule has 2 aliphatic rings. The minimum atomic E-state index is -0.295. The van der Waals surface area contributed by atoms with Crippen LogP contribution in [-0.2, 0) is 4.79 Å². The zero-order valence-corrected chi connectivity index (χ0v) is 6.99. The molecule has 0 radical (unpaired) electrons. The quantitative estimate of drug-likeness (QED) is 0.656. The van der Waals surface area contributed by atoms with Gasteiger partial charge in [0, 0.05) is 5.57 Å². The van der Waals surface area contributed by atoms with Crippen LogP contribution >= 0.6 is 0 Å². The summed E-state index contributed by atoms with van der Waals surface area (Å²) in [4.78, 5) is 10.8. The largest absolute Gasteiger partial charge is 0.366 e. The summed E-state index contributed by atoms with van der Waals surface area (Å²) < 4.78 is 0. The Bertz CT molecular complexity index is 261. The van der Waals surface area contributed by atoms with Gasteiger partial charge < -0.3 is 5.73 Å². The molecule has 0 aromatic rings. The molecule has 2 heteroatoms. The van der Waals surface area contributed by atoms with E-state index in [9.17, 15) is 4.79 Å². The molecule has 2 N–H and O–H groups in total. The van der Waals surface area contributed by atoms with E-state index >= 15 is 0 Å². The van der Waals surface area contributed by atoms with Crippen molar-refractivity contribution in [1.82, 2.24) is 0 Å².